The van der Waals surface area contributed by atoms with E-state index in [2.05, 4.69) is 10.4 Å². The predicted octanol–water partition coefficient (Wildman–Crippen LogP) is 3.32. The average molecular weight is 321 g/mol. The first kappa shape index (κ1) is 15.5. The van der Waals surface area contributed by atoms with E-state index in [9.17, 15) is 13.6 Å². The highest BCUT2D eigenvalue weighted by molar-refractivity contribution is 6.05. The Morgan fingerprint density at radius 3 is 2.87 bits per heavy atom. The summed E-state index contributed by atoms with van der Waals surface area (Å²) in [6.07, 6.45) is -0.806. The summed E-state index contributed by atoms with van der Waals surface area (Å²) in [5.41, 5.74) is 0.428. The van der Waals surface area contributed by atoms with Gasteiger partial charge in [-0.15, -0.1) is 0 Å². The molecular weight excluding hydrogens is 304 g/mol. The Bertz CT molecular complexity index is 769. The lowest BCUT2D eigenvalue weighted by Gasteiger charge is -2.18. The molecule has 0 spiro atoms. The van der Waals surface area contributed by atoms with Crippen LogP contribution in [0.3, 0.4) is 0 Å². The van der Waals surface area contributed by atoms with Crippen molar-refractivity contribution in [2.24, 2.45) is 7.05 Å². The van der Waals surface area contributed by atoms with Crippen LogP contribution in [0, 0.1) is 0 Å². The molecule has 5 nitrogen and oxygen atoms in total. The van der Waals surface area contributed by atoms with E-state index in [1.54, 1.807) is 12.1 Å². The van der Waals surface area contributed by atoms with E-state index in [0.29, 0.717) is 11.4 Å². The molecule has 2 aromatic rings. The number of hydrogen-bond acceptors (Lipinski definition) is 3. The van der Waals surface area contributed by atoms with Gasteiger partial charge in [0.15, 0.2) is 0 Å². The molecule has 1 amide bonds. The third-order valence-electron chi connectivity index (χ3n) is 3.65. The van der Waals surface area contributed by atoms with Crippen LogP contribution in [-0.4, -0.2) is 21.3 Å². The summed E-state index contributed by atoms with van der Waals surface area (Å²) in [6.45, 7) is 3.91. The van der Waals surface area contributed by atoms with Crippen LogP contribution >= 0.6 is 0 Å². The fourth-order valence-electron chi connectivity index (χ4n) is 2.75. The molecule has 1 aromatic heterocycles. The first-order valence-corrected chi connectivity index (χ1v) is 7.21. The first-order chi connectivity index (χ1) is 10.8. The van der Waals surface area contributed by atoms with Gasteiger partial charge in [-0.3, -0.25) is 9.48 Å². The molecule has 122 valence electrons. The normalized spacial score (nSPS) is 15.4. The minimum absolute atomic E-state index is 0.141. The molecule has 23 heavy (non-hydrogen) atoms. The lowest BCUT2D eigenvalue weighted by atomic mass is 10.0. The number of benzene rings is 1. The molecule has 0 fully saturated rings. The van der Waals surface area contributed by atoms with Gasteiger partial charge in [0.1, 0.15) is 17.0 Å². The highest BCUT2D eigenvalue weighted by atomic mass is 19.3. The highest BCUT2D eigenvalue weighted by Crippen LogP contribution is 2.40. The Balaban J connectivity index is 1.90. The number of fused-ring (bicyclic) bond motifs is 1. The van der Waals surface area contributed by atoms with Gasteiger partial charge in [0.2, 0.25) is 0 Å². The fourth-order valence-corrected chi connectivity index (χ4v) is 2.75. The number of hydrogen-bond donors (Lipinski definition) is 1. The topological polar surface area (TPSA) is 56.2 Å². The SMILES string of the molecule is Cn1cc(C(=O)Nc2cccc3c2OC(C)(C)C3)c(C(F)F)n1. The van der Waals surface area contributed by atoms with Crippen LogP contribution in [0.5, 0.6) is 5.75 Å². The van der Waals surface area contributed by atoms with E-state index in [4.69, 9.17) is 4.74 Å². The number of halogens is 2. The Morgan fingerprint density at radius 1 is 1.43 bits per heavy atom. The first-order valence-electron chi connectivity index (χ1n) is 7.21. The Labute approximate surface area is 132 Å². The Hall–Kier alpha value is -2.44. The van der Waals surface area contributed by atoms with E-state index in [1.165, 1.54) is 17.9 Å². The van der Waals surface area contributed by atoms with Crippen molar-refractivity contribution >= 4 is 11.6 Å². The van der Waals surface area contributed by atoms with E-state index >= 15 is 0 Å². The maximum Gasteiger partial charge on any atom is 0.282 e. The minimum atomic E-state index is -2.81. The van der Waals surface area contributed by atoms with Crippen LogP contribution in [0.1, 0.15) is 41.9 Å². The van der Waals surface area contributed by atoms with Crippen LogP contribution in [0.4, 0.5) is 14.5 Å². The van der Waals surface area contributed by atoms with Crippen molar-refractivity contribution in [1.82, 2.24) is 9.78 Å². The lowest BCUT2D eigenvalue weighted by molar-refractivity contribution is 0.100. The van der Waals surface area contributed by atoms with Crippen molar-refractivity contribution in [3.8, 4) is 5.75 Å². The number of alkyl halides is 2. The highest BCUT2D eigenvalue weighted by Gasteiger charge is 2.32. The molecular formula is C16H17F2N3O2. The second-order valence-electron chi connectivity index (χ2n) is 6.19. The summed E-state index contributed by atoms with van der Waals surface area (Å²) < 4.78 is 33.0. The maximum absolute atomic E-state index is 13.0. The van der Waals surface area contributed by atoms with Gasteiger partial charge in [-0.2, -0.15) is 5.10 Å². The summed E-state index contributed by atoms with van der Waals surface area (Å²) in [5.74, 6) is -0.0385. The van der Waals surface area contributed by atoms with E-state index < -0.39 is 18.0 Å². The molecule has 0 aliphatic carbocycles. The number of anilines is 1. The molecule has 2 heterocycles. The van der Waals surface area contributed by atoms with Gasteiger partial charge in [-0.1, -0.05) is 12.1 Å². The zero-order valence-corrected chi connectivity index (χ0v) is 13.1. The monoisotopic (exact) mass is 321 g/mol. The van der Waals surface area contributed by atoms with Gasteiger partial charge in [-0.05, 0) is 19.9 Å². The van der Waals surface area contributed by atoms with Crippen molar-refractivity contribution in [2.45, 2.75) is 32.3 Å². The number of nitrogens with zero attached hydrogens (tertiary/aromatic N) is 2. The summed E-state index contributed by atoms with van der Waals surface area (Å²) in [5, 5.41) is 6.30. The third-order valence-corrected chi connectivity index (χ3v) is 3.65. The lowest BCUT2D eigenvalue weighted by Crippen LogP contribution is -2.25. The molecule has 0 saturated heterocycles. The molecule has 0 unspecified atom stereocenters. The minimum Gasteiger partial charge on any atom is -0.485 e. The summed E-state index contributed by atoms with van der Waals surface area (Å²) in [4.78, 5) is 12.4. The molecule has 0 radical (unpaired) electrons. The second-order valence-corrected chi connectivity index (χ2v) is 6.19. The summed E-state index contributed by atoms with van der Waals surface area (Å²) in [7, 11) is 1.49. The molecule has 0 bridgehead atoms. The Kier molecular flexibility index (Phi) is 3.58. The number of aromatic nitrogens is 2. The van der Waals surface area contributed by atoms with Crippen LogP contribution in [-0.2, 0) is 13.5 Å². The average Bonchev–Trinajstić information content (AvgIpc) is 2.98. The van der Waals surface area contributed by atoms with Crippen LogP contribution < -0.4 is 10.1 Å². The molecule has 1 aliphatic rings. The van der Waals surface area contributed by atoms with E-state index in [1.807, 2.05) is 19.9 Å². The molecule has 1 N–H and O–H groups in total. The van der Waals surface area contributed by atoms with Crippen molar-refractivity contribution in [3.63, 3.8) is 0 Å². The van der Waals surface area contributed by atoms with Gasteiger partial charge >= 0.3 is 0 Å². The quantitative estimate of drug-likeness (QED) is 0.943. The second kappa shape index (κ2) is 5.33. The number of ether oxygens (including phenoxy) is 1. The summed E-state index contributed by atoms with van der Waals surface area (Å²) >= 11 is 0. The van der Waals surface area contributed by atoms with Crippen molar-refractivity contribution < 1.29 is 18.3 Å². The predicted molar refractivity (Wildman–Crippen MR) is 81.0 cm³/mol. The van der Waals surface area contributed by atoms with Crippen LogP contribution in [0.2, 0.25) is 0 Å². The third kappa shape index (κ3) is 2.91. The number of carbonyl (C=O) groups excluding carboxylic acids is 1. The maximum atomic E-state index is 13.0. The van der Waals surface area contributed by atoms with Crippen molar-refractivity contribution in [3.05, 3.63) is 41.2 Å². The number of nitrogens with one attached hydrogen (secondary N) is 1. The number of carbonyl (C=O) groups is 1. The Morgan fingerprint density at radius 2 is 2.17 bits per heavy atom. The van der Waals surface area contributed by atoms with Crippen molar-refractivity contribution in [1.29, 1.82) is 0 Å². The van der Waals surface area contributed by atoms with Gasteiger partial charge in [0, 0.05) is 25.2 Å². The van der Waals surface area contributed by atoms with Gasteiger partial charge in [-0.25, -0.2) is 8.78 Å². The van der Waals surface area contributed by atoms with Gasteiger partial charge < -0.3 is 10.1 Å². The van der Waals surface area contributed by atoms with Crippen LogP contribution in [0.15, 0.2) is 24.4 Å². The molecule has 3 rings (SSSR count). The molecule has 1 aliphatic heterocycles. The fraction of sp³-hybridized carbons (Fsp3) is 0.375. The van der Waals surface area contributed by atoms with E-state index in [-0.39, 0.29) is 11.2 Å². The van der Waals surface area contributed by atoms with Crippen molar-refractivity contribution in [2.75, 3.05) is 5.32 Å². The van der Waals surface area contributed by atoms with E-state index in [0.717, 1.165) is 12.0 Å². The van der Waals surface area contributed by atoms with Crippen LogP contribution in [0.25, 0.3) is 0 Å². The molecule has 7 heteroatoms. The zero-order chi connectivity index (χ0) is 16.8. The molecule has 0 saturated carbocycles. The zero-order valence-electron chi connectivity index (χ0n) is 13.1. The molecule has 0 atom stereocenters. The number of rotatable bonds is 3. The molecule has 1 aromatic carbocycles. The number of para-hydroxylation sites is 1. The summed E-state index contributed by atoms with van der Waals surface area (Å²) in [6, 6.07) is 5.42. The van der Waals surface area contributed by atoms with Gasteiger partial charge in [0.05, 0.1) is 11.3 Å². The number of amides is 1. The number of aryl methyl sites for hydroxylation is 1. The largest absolute Gasteiger partial charge is 0.485 e. The van der Waals surface area contributed by atoms with Gasteiger partial charge in [0.25, 0.3) is 12.3 Å². The standard InChI is InChI=1S/C16H17F2N3O2/c1-16(2)7-9-5-4-6-11(13(9)23-16)19-15(22)10-8-21(3)20-12(10)14(17)18/h4-6,8,14H,7H2,1-3H3,(H,19,22). The smallest absolute Gasteiger partial charge is 0.282 e.